The monoisotopic (exact) mass is 386 g/mol. The maximum absolute atomic E-state index is 12.3. The molecule has 124 valence electrons. The molecule has 0 aliphatic carbocycles. The smallest absolute Gasteiger partial charge is 0.371 e. The van der Waals surface area contributed by atoms with Crippen LogP contribution in [0, 0.1) is 19.8 Å². The average molecular weight is 388 g/mol. The van der Waals surface area contributed by atoms with E-state index in [1.165, 1.54) is 0 Å². The van der Waals surface area contributed by atoms with E-state index < -0.39 is 14.8 Å². The topological polar surface area (TPSA) is 35.5 Å². The molecular weight excluding hydrogens is 370 g/mol. The van der Waals surface area contributed by atoms with Crippen LogP contribution in [0.5, 0.6) is 5.75 Å². The van der Waals surface area contributed by atoms with Gasteiger partial charge in [0.15, 0.2) is 0 Å². The van der Waals surface area contributed by atoms with Crippen molar-refractivity contribution in [3.8, 4) is 5.75 Å². The van der Waals surface area contributed by atoms with Crippen molar-refractivity contribution >= 4 is 52.4 Å². The molecule has 0 radical (unpaired) electrons. The minimum absolute atomic E-state index is 0.112. The van der Waals surface area contributed by atoms with Gasteiger partial charge in [-0.25, -0.2) is 4.79 Å². The third-order valence-electron chi connectivity index (χ3n) is 2.98. The van der Waals surface area contributed by atoms with Crippen LogP contribution < -0.4 is 4.74 Å². The highest BCUT2D eigenvalue weighted by atomic mass is 35.6. The molecule has 1 atom stereocenters. The summed E-state index contributed by atoms with van der Waals surface area (Å²) in [6.45, 7) is 7.61. The molecule has 1 aromatic rings. The van der Waals surface area contributed by atoms with Crippen LogP contribution in [0.15, 0.2) is 18.2 Å². The van der Waals surface area contributed by atoms with Crippen molar-refractivity contribution < 1.29 is 14.3 Å². The van der Waals surface area contributed by atoms with Crippen LogP contribution in [0.3, 0.4) is 0 Å². The molecule has 0 aromatic heterocycles. The average Bonchev–Trinajstić information content (AvgIpc) is 2.39. The van der Waals surface area contributed by atoms with E-state index in [0.29, 0.717) is 5.75 Å². The zero-order valence-corrected chi connectivity index (χ0v) is 15.8. The number of benzene rings is 1. The maximum atomic E-state index is 12.3. The quantitative estimate of drug-likeness (QED) is 0.515. The van der Waals surface area contributed by atoms with Gasteiger partial charge < -0.3 is 9.47 Å². The largest absolute Gasteiger partial charge is 0.461 e. The van der Waals surface area contributed by atoms with E-state index in [0.717, 1.165) is 11.1 Å². The minimum atomic E-state index is -2.27. The molecule has 0 fully saturated rings. The molecule has 0 amide bonds. The normalized spacial score (nSPS) is 14.6. The van der Waals surface area contributed by atoms with Gasteiger partial charge >= 0.3 is 11.0 Å². The molecule has 3 nitrogen and oxygen atoms in total. The molecule has 0 heterocycles. The van der Waals surface area contributed by atoms with E-state index in [1.807, 2.05) is 33.8 Å². The number of alkyl halides is 4. The summed E-state index contributed by atoms with van der Waals surface area (Å²) in [5.41, 5.74) is 1.75. The summed E-state index contributed by atoms with van der Waals surface area (Å²) in [4.78, 5) is 12.3. The molecule has 1 aromatic carbocycles. The predicted molar refractivity (Wildman–Crippen MR) is 91.2 cm³/mol. The predicted octanol–water partition coefficient (Wildman–Crippen LogP) is 5.19. The van der Waals surface area contributed by atoms with Crippen molar-refractivity contribution in [2.45, 2.75) is 36.5 Å². The van der Waals surface area contributed by atoms with Crippen molar-refractivity contribution in [1.82, 2.24) is 0 Å². The zero-order chi connectivity index (χ0) is 17.1. The van der Waals surface area contributed by atoms with Crippen molar-refractivity contribution in [2.75, 3.05) is 6.61 Å². The summed E-state index contributed by atoms with van der Waals surface area (Å²) in [5.74, 6) is -0.479. The molecule has 0 spiro atoms. The van der Waals surface area contributed by atoms with Crippen molar-refractivity contribution in [2.24, 2.45) is 5.92 Å². The summed E-state index contributed by atoms with van der Waals surface area (Å²) in [6.07, 6.45) is 0. The Bertz CT molecular complexity index is 540. The molecule has 0 saturated carbocycles. The van der Waals surface area contributed by atoms with E-state index in [1.54, 1.807) is 12.1 Å². The van der Waals surface area contributed by atoms with E-state index >= 15 is 0 Å². The first-order valence-electron chi connectivity index (χ1n) is 6.67. The summed E-state index contributed by atoms with van der Waals surface area (Å²) in [7, 11) is 0. The Kier molecular flexibility index (Phi) is 6.70. The number of aryl methyl sites for hydroxylation is 1. The van der Waals surface area contributed by atoms with Crippen LogP contribution in [0.25, 0.3) is 0 Å². The fourth-order valence-electron chi connectivity index (χ4n) is 1.54. The van der Waals surface area contributed by atoms with Gasteiger partial charge in [0.2, 0.25) is 0 Å². The van der Waals surface area contributed by atoms with Gasteiger partial charge in [0.05, 0.1) is 6.61 Å². The van der Waals surface area contributed by atoms with Crippen molar-refractivity contribution in [3.05, 3.63) is 29.3 Å². The molecule has 0 bridgehead atoms. The second kappa shape index (κ2) is 7.48. The molecule has 0 aliphatic rings. The van der Waals surface area contributed by atoms with E-state index in [2.05, 4.69) is 0 Å². The summed E-state index contributed by atoms with van der Waals surface area (Å²) < 4.78 is 8.45. The lowest BCUT2D eigenvalue weighted by Gasteiger charge is -2.32. The molecule has 0 aliphatic heterocycles. The van der Waals surface area contributed by atoms with E-state index in [4.69, 9.17) is 55.9 Å². The molecule has 1 rings (SSSR count). The van der Waals surface area contributed by atoms with Crippen molar-refractivity contribution in [1.29, 1.82) is 0 Å². The SMILES string of the molecule is Cc1cccc(OC(Cl)(C(=O)OCC(C)C)C(Cl)(Cl)Cl)c1C. The number of hydrogen-bond acceptors (Lipinski definition) is 3. The van der Waals surface area contributed by atoms with Crippen LogP contribution in [0.4, 0.5) is 0 Å². The Labute approximate surface area is 150 Å². The first-order chi connectivity index (χ1) is 9.99. The fraction of sp³-hybridized carbons (Fsp3) is 0.533. The summed E-state index contributed by atoms with van der Waals surface area (Å²) in [5, 5.41) is -2.27. The Hall–Kier alpha value is -0.350. The number of ether oxygens (including phenoxy) is 2. The lowest BCUT2D eigenvalue weighted by molar-refractivity contribution is -0.156. The standard InChI is InChI=1S/C15H18Cl4O3/c1-9(2)8-21-13(20)14(16,15(17,18)19)22-12-7-5-6-10(3)11(12)4/h5-7,9H,8H2,1-4H3. The minimum Gasteiger partial charge on any atom is -0.461 e. The van der Waals surface area contributed by atoms with Gasteiger partial charge in [0.1, 0.15) is 5.75 Å². The lowest BCUT2D eigenvalue weighted by atomic mass is 10.1. The number of hydrogen-bond donors (Lipinski definition) is 0. The number of carbonyl (C=O) groups is 1. The zero-order valence-electron chi connectivity index (χ0n) is 12.8. The first kappa shape index (κ1) is 19.7. The Morgan fingerprint density at radius 1 is 1.18 bits per heavy atom. The van der Waals surface area contributed by atoms with Gasteiger partial charge in [-0.05, 0) is 37.0 Å². The number of carbonyl (C=O) groups excluding carboxylic acids is 1. The third-order valence-corrected chi connectivity index (χ3v) is 4.58. The second-order valence-electron chi connectivity index (χ2n) is 5.39. The number of esters is 1. The Balaban J connectivity index is 3.13. The molecule has 0 saturated heterocycles. The molecule has 0 N–H and O–H groups in total. The van der Waals surface area contributed by atoms with Crippen LogP contribution in [-0.4, -0.2) is 21.4 Å². The summed E-state index contributed by atoms with van der Waals surface area (Å²) in [6, 6.07) is 5.29. The maximum Gasteiger partial charge on any atom is 0.371 e. The van der Waals surface area contributed by atoms with Crippen LogP contribution >= 0.6 is 46.4 Å². The Morgan fingerprint density at radius 2 is 1.77 bits per heavy atom. The van der Waals surface area contributed by atoms with E-state index in [-0.39, 0.29) is 12.5 Å². The van der Waals surface area contributed by atoms with Gasteiger partial charge in [0, 0.05) is 0 Å². The van der Waals surface area contributed by atoms with Crippen LogP contribution in [-0.2, 0) is 9.53 Å². The second-order valence-corrected chi connectivity index (χ2v) is 8.20. The highest BCUT2D eigenvalue weighted by Crippen LogP contribution is 2.45. The highest BCUT2D eigenvalue weighted by Gasteiger charge is 2.58. The van der Waals surface area contributed by atoms with Gasteiger partial charge in [0.25, 0.3) is 3.79 Å². The molecule has 7 heteroatoms. The van der Waals surface area contributed by atoms with Crippen LogP contribution in [0.2, 0.25) is 0 Å². The lowest BCUT2D eigenvalue weighted by Crippen LogP contribution is -2.51. The van der Waals surface area contributed by atoms with Crippen molar-refractivity contribution in [3.63, 3.8) is 0 Å². The fourth-order valence-corrected chi connectivity index (χ4v) is 2.02. The highest BCUT2D eigenvalue weighted by molar-refractivity contribution is 6.72. The number of halogens is 4. The molecule has 22 heavy (non-hydrogen) atoms. The first-order valence-corrected chi connectivity index (χ1v) is 8.18. The van der Waals surface area contributed by atoms with Gasteiger partial charge in [-0.15, -0.1) is 0 Å². The molecular formula is C15H18Cl4O3. The van der Waals surface area contributed by atoms with Crippen LogP contribution in [0.1, 0.15) is 25.0 Å². The number of rotatable bonds is 5. The summed E-state index contributed by atoms with van der Waals surface area (Å²) >= 11 is 23.8. The van der Waals surface area contributed by atoms with Gasteiger partial charge in [-0.2, -0.15) is 0 Å². The Morgan fingerprint density at radius 3 is 2.27 bits per heavy atom. The van der Waals surface area contributed by atoms with Gasteiger partial charge in [-0.1, -0.05) is 72.4 Å². The third kappa shape index (κ3) is 4.58. The molecule has 1 unspecified atom stereocenters. The van der Waals surface area contributed by atoms with E-state index in [9.17, 15) is 4.79 Å². The van der Waals surface area contributed by atoms with Gasteiger partial charge in [-0.3, -0.25) is 0 Å².